The molecule has 3 N–H and O–H groups in total. The van der Waals surface area contributed by atoms with E-state index in [4.69, 9.17) is 10.5 Å². The molecule has 1 saturated carbocycles. The number of carbonyl (C=O) groups is 1. The average Bonchev–Trinajstić information content (AvgIpc) is 2.83. The summed E-state index contributed by atoms with van der Waals surface area (Å²) in [6, 6.07) is 0.980. The zero-order valence-electron chi connectivity index (χ0n) is 14.3. The second-order valence-electron chi connectivity index (χ2n) is 7.53. The van der Waals surface area contributed by atoms with Gasteiger partial charge < -0.3 is 20.7 Å². The van der Waals surface area contributed by atoms with E-state index in [1.807, 2.05) is 25.7 Å². The van der Waals surface area contributed by atoms with E-state index in [0.717, 1.165) is 52.1 Å². The van der Waals surface area contributed by atoms with Gasteiger partial charge in [-0.25, -0.2) is 4.79 Å². The highest BCUT2D eigenvalue weighted by Gasteiger charge is 2.26. The zero-order chi connectivity index (χ0) is 16.2. The van der Waals surface area contributed by atoms with Crippen molar-refractivity contribution < 1.29 is 9.53 Å². The van der Waals surface area contributed by atoms with Gasteiger partial charge in [0.05, 0.1) is 0 Å². The Labute approximate surface area is 134 Å². The van der Waals surface area contributed by atoms with Crippen LogP contribution in [0.5, 0.6) is 0 Å². The highest BCUT2D eigenvalue weighted by Crippen LogP contribution is 2.16. The molecule has 1 aliphatic carbocycles. The van der Waals surface area contributed by atoms with Crippen LogP contribution >= 0.6 is 0 Å². The Hall–Kier alpha value is -0.850. The molecular formula is C16H32N4O2. The van der Waals surface area contributed by atoms with Gasteiger partial charge in [0.2, 0.25) is 0 Å². The van der Waals surface area contributed by atoms with Crippen molar-refractivity contribution in [1.82, 2.24) is 15.1 Å². The zero-order valence-corrected chi connectivity index (χ0v) is 14.3. The molecule has 2 unspecified atom stereocenters. The number of nitrogens with two attached hydrogens (primary N) is 1. The van der Waals surface area contributed by atoms with Crippen molar-refractivity contribution in [2.75, 3.05) is 39.3 Å². The van der Waals surface area contributed by atoms with Crippen LogP contribution in [-0.2, 0) is 4.74 Å². The highest BCUT2D eigenvalue weighted by molar-refractivity contribution is 5.68. The van der Waals surface area contributed by atoms with Gasteiger partial charge in [0, 0.05) is 51.4 Å². The first-order valence-electron chi connectivity index (χ1n) is 8.53. The van der Waals surface area contributed by atoms with Crippen molar-refractivity contribution in [3.8, 4) is 0 Å². The lowest BCUT2D eigenvalue weighted by molar-refractivity contribution is 0.0146. The first kappa shape index (κ1) is 17.5. The van der Waals surface area contributed by atoms with Gasteiger partial charge in [-0.1, -0.05) is 0 Å². The predicted molar refractivity (Wildman–Crippen MR) is 87.9 cm³/mol. The monoisotopic (exact) mass is 312 g/mol. The van der Waals surface area contributed by atoms with Gasteiger partial charge in [-0.3, -0.25) is 4.90 Å². The van der Waals surface area contributed by atoms with Crippen LogP contribution in [-0.4, -0.2) is 72.8 Å². The van der Waals surface area contributed by atoms with Crippen molar-refractivity contribution in [1.29, 1.82) is 0 Å². The van der Waals surface area contributed by atoms with Crippen LogP contribution in [0.25, 0.3) is 0 Å². The van der Waals surface area contributed by atoms with Crippen molar-refractivity contribution in [2.45, 2.75) is 57.7 Å². The number of carbonyl (C=O) groups excluding carboxylic acids is 1. The molecule has 0 radical (unpaired) electrons. The quantitative estimate of drug-likeness (QED) is 0.811. The molecule has 0 bridgehead atoms. The first-order chi connectivity index (χ1) is 10.3. The molecule has 1 saturated heterocycles. The molecule has 1 amide bonds. The topological polar surface area (TPSA) is 70.8 Å². The Kier molecular flexibility index (Phi) is 6.06. The van der Waals surface area contributed by atoms with Crippen LogP contribution in [0.4, 0.5) is 4.79 Å². The molecule has 22 heavy (non-hydrogen) atoms. The van der Waals surface area contributed by atoms with Gasteiger partial charge in [0.25, 0.3) is 0 Å². The van der Waals surface area contributed by atoms with E-state index in [2.05, 4.69) is 10.2 Å². The number of hydrogen-bond acceptors (Lipinski definition) is 5. The van der Waals surface area contributed by atoms with Crippen LogP contribution in [0.1, 0.15) is 40.0 Å². The molecule has 6 heteroatoms. The summed E-state index contributed by atoms with van der Waals surface area (Å²) < 4.78 is 5.42. The molecule has 6 nitrogen and oxygen atoms in total. The molecule has 0 aromatic heterocycles. The molecule has 0 spiro atoms. The SMILES string of the molecule is CC(C)(C)OC(=O)N1CCN(CCNC2CCC(N)C2)CC1. The number of nitrogens with one attached hydrogen (secondary N) is 1. The third-order valence-electron chi connectivity index (χ3n) is 4.36. The molecule has 0 aromatic carbocycles. The van der Waals surface area contributed by atoms with Crippen molar-refractivity contribution in [3.05, 3.63) is 0 Å². The molecular weight excluding hydrogens is 280 g/mol. The number of nitrogens with zero attached hydrogens (tertiary/aromatic N) is 2. The molecule has 1 heterocycles. The largest absolute Gasteiger partial charge is 0.444 e. The summed E-state index contributed by atoms with van der Waals surface area (Å²) in [7, 11) is 0. The summed E-state index contributed by atoms with van der Waals surface area (Å²) in [6.45, 7) is 11.1. The van der Waals surface area contributed by atoms with Gasteiger partial charge in [-0.05, 0) is 40.0 Å². The van der Waals surface area contributed by atoms with E-state index in [9.17, 15) is 4.79 Å². The molecule has 2 atom stereocenters. The third-order valence-corrected chi connectivity index (χ3v) is 4.36. The Morgan fingerprint density at radius 1 is 1.23 bits per heavy atom. The molecule has 2 aliphatic rings. The summed E-state index contributed by atoms with van der Waals surface area (Å²) in [5.74, 6) is 0. The lowest BCUT2D eigenvalue weighted by Crippen LogP contribution is -2.51. The minimum absolute atomic E-state index is 0.190. The lowest BCUT2D eigenvalue weighted by Gasteiger charge is -2.35. The summed E-state index contributed by atoms with van der Waals surface area (Å²) in [4.78, 5) is 16.2. The summed E-state index contributed by atoms with van der Waals surface area (Å²) in [6.07, 6.45) is 3.26. The van der Waals surface area contributed by atoms with E-state index < -0.39 is 5.60 Å². The number of rotatable bonds is 4. The van der Waals surface area contributed by atoms with E-state index >= 15 is 0 Å². The van der Waals surface area contributed by atoms with Gasteiger partial charge >= 0.3 is 6.09 Å². The van der Waals surface area contributed by atoms with Crippen LogP contribution in [0.3, 0.4) is 0 Å². The van der Waals surface area contributed by atoms with E-state index in [1.54, 1.807) is 0 Å². The second-order valence-corrected chi connectivity index (χ2v) is 7.53. The fourth-order valence-corrected chi connectivity index (χ4v) is 3.11. The minimum Gasteiger partial charge on any atom is -0.444 e. The fraction of sp³-hybridized carbons (Fsp3) is 0.938. The van der Waals surface area contributed by atoms with Crippen LogP contribution in [0, 0.1) is 0 Å². The van der Waals surface area contributed by atoms with Crippen LogP contribution < -0.4 is 11.1 Å². The van der Waals surface area contributed by atoms with Crippen molar-refractivity contribution in [2.24, 2.45) is 5.73 Å². The first-order valence-corrected chi connectivity index (χ1v) is 8.53. The van der Waals surface area contributed by atoms with E-state index in [-0.39, 0.29) is 6.09 Å². The smallest absolute Gasteiger partial charge is 0.410 e. The number of ether oxygens (including phenoxy) is 1. The molecule has 128 valence electrons. The highest BCUT2D eigenvalue weighted by atomic mass is 16.6. The van der Waals surface area contributed by atoms with Gasteiger partial charge in [0.1, 0.15) is 5.60 Å². The normalized spacial score (nSPS) is 27.2. The summed E-state index contributed by atoms with van der Waals surface area (Å²) >= 11 is 0. The number of amides is 1. The third kappa shape index (κ3) is 5.74. The molecule has 2 fully saturated rings. The Bertz CT molecular complexity index is 362. The number of hydrogen-bond donors (Lipinski definition) is 2. The van der Waals surface area contributed by atoms with E-state index in [0.29, 0.717) is 12.1 Å². The van der Waals surface area contributed by atoms with Crippen molar-refractivity contribution >= 4 is 6.09 Å². The van der Waals surface area contributed by atoms with Gasteiger partial charge in [-0.2, -0.15) is 0 Å². The number of piperazine rings is 1. The molecule has 1 aliphatic heterocycles. The van der Waals surface area contributed by atoms with Crippen LogP contribution in [0.15, 0.2) is 0 Å². The Morgan fingerprint density at radius 3 is 2.45 bits per heavy atom. The summed E-state index contributed by atoms with van der Waals surface area (Å²) in [5.41, 5.74) is 5.51. The maximum atomic E-state index is 12.0. The lowest BCUT2D eigenvalue weighted by atomic mass is 10.2. The standard InChI is InChI=1S/C16H32N4O2/c1-16(2,3)22-15(21)20-10-8-19(9-11-20)7-6-18-14-5-4-13(17)12-14/h13-14,18H,4-12,17H2,1-3H3. The Balaban J connectivity index is 1.60. The van der Waals surface area contributed by atoms with Crippen LogP contribution in [0.2, 0.25) is 0 Å². The average molecular weight is 312 g/mol. The maximum Gasteiger partial charge on any atom is 0.410 e. The minimum atomic E-state index is -0.416. The second kappa shape index (κ2) is 7.62. The molecule has 2 rings (SSSR count). The predicted octanol–water partition coefficient (Wildman–Crippen LogP) is 1.01. The van der Waals surface area contributed by atoms with E-state index in [1.165, 1.54) is 6.42 Å². The van der Waals surface area contributed by atoms with Crippen molar-refractivity contribution in [3.63, 3.8) is 0 Å². The Morgan fingerprint density at radius 2 is 1.91 bits per heavy atom. The van der Waals surface area contributed by atoms with Gasteiger partial charge in [-0.15, -0.1) is 0 Å². The fourth-order valence-electron chi connectivity index (χ4n) is 3.11. The molecule has 0 aromatic rings. The maximum absolute atomic E-state index is 12.0. The van der Waals surface area contributed by atoms with Gasteiger partial charge in [0.15, 0.2) is 0 Å². The summed E-state index contributed by atoms with van der Waals surface area (Å²) in [5, 5.41) is 3.60.